The van der Waals surface area contributed by atoms with Gasteiger partial charge in [-0.1, -0.05) is 41.9 Å². The van der Waals surface area contributed by atoms with Gasteiger partial charge in [0.15, 0.2) is 0 Å². The number of carbonyl (C=O) groups excluding carboxylic acids is 1. The summed E-state index contributed by atoms with van der Waals surface area (Å²) < 4.78 is 0. The molecule has 3 rings (SSSR count). The normalized spacial score (nSPS) is 10.2. The molecular formula is C21H16ClN3OS. The van der Waals surface area contributed by atoms with E-state index in [2.05, 4.69) is 16.4 Å². The van der Waals surface area contributed by atoms with Gasteiger partial charge in [0.05, 0.1) is 11.3 Å². The highest BCUT2D eigenvalue weighted by Crippen LogP contribution is 2.25. The standard InChI is InChI=1S/C21H16ClN3OS/c22-17-7-9-18(10-8-17)24-20(26)12-13-27-21-16(14-23)6-11-19(25-21)15-4-2-1-3-5-15/h1-11H,12-13H2,(H,24,26). The Morgan fingerprint density at radius 1 is 1.07 bits per heavy atom. The lowest BCUT2D eigenvalue weighted by atomic mass is 10.1. The number of nitrogens with one attached hydrogen (secondary N) is 1. The zero-order chi connectivity index (χ0) is 19.1. The first kappa shape index (κ1) is 19.0. The van der Waals surface area contributed by atoms with Gasteiger partial charge in [-0.25, -0.2) is 4.98 Å². The summed E-state index contributed by atoms with van der Waals surface area (Å²) in [5.41, 5.74) is 3.01. The van der Waals surface area contributed by atoms with Crippen LogP contribution in [0.1, 0.15) is 12.0 Å². The Labute approximate surface area is 167 Å². The van der Waals surface area contributed by atoms with Crippen LogP contribution in [0.4, 0.5) is 5.69 Å². The van der Waals surface area contributed by atoms with Gasteiger partial charge >= 0.3 is 0 Å². The van der Waals surface area contributed by atoms with Crippen molar-refractivity contribution in [3.63, 3.8) is 0 Å². The van der Waals surface area contributed by atoms with E-state index in [1.54, 1.807) is 30.3 Å². The molecule has 6 heteroatoms. The first-order valence-electron chi connectivity index (χ1n) is 8.30. The van der Waals surface area contributed by atoms with E-state index >= 15 is 0 Å². The molecule has 2 aromatic carbocycles. The third-order valence-corrected chi connectivity index (χ3v) is 4.99. The monoisotopic (exact) mass is 393 g/mol. The van der Waals surface area contributed by atoms with Crippen LogP contribution in [0, 0.1) is 11.3 Å². The van der Waals surface area contributed by atoms with Gasteiger partial charge in [-0.15, -0.1) is 11.8 Å². The van der Waals surface area contributed by atoms with Crippen molar-refractivity contribution in [2.75, 3.05) is 11.1 Å². The summed E-state index contributed by atoms with van der Waals surface area (Å²) in [6, 6.07) is 22.5. The molecule has 1 aromatic heterocycles. The van der Waals surface area contributed by atoms with E-state index in [0.717, 1.165) is 11.3 Å². The smallest absolute Gasteiger partial charge is 0.225 e. The number of aromatic nitrogens is 1. The van der Waals surface area contributed by atoms with Crippen LogP contribution >= 0.6 is 23.4 Å². The first-order valence-corrected chi connectivity index (χ1v) is 9.67. The molecule has 3 aromatic rings. The van der Waals surface area contributed by atoms with Crippen molar-refractivity contribution >= 4 is 35.0 Å². The van der Waals surface area contributed by atoms with Crippen LogP contribution in [0.2, 0.25) is 5.02 Å². The Bertz CT molecular complexity index is 969. The van der Waals surface area contributed by atoms with Crippen molar-refractivity contribution in [1.29, 1.82) is 5.26 Å². The van der Waals surface area contributed by atoms with Crippen LogP contribution in [0.25, 0.3) is 11.3 Å². The molecule has 0 aliphatic rings. The average molecular weight is 394 g/mol. The maximum Gasteiger partial charge on any atom is 0.225 e. The number of rotatable bonds is 6. The van der Waals surface area contributed by atoms with Crippen LogP contribution in [0.5, 0.6) is 0 Å². The van der Waals surface area contributed by atoms with E-state index in [9.17, 15) is 10.1 Å². The van der Waals surface area contributed by atoms with Crippen LogP contribution in [-0.2, 0) is 4.79 Å². The van der Waals surface area contributed by atoms with E-state index < -0.39 is 0 Å². The average Bonchev–Trinajstić information content (AvgIpc) is 2.70. The topological polar surface area (TPSA) is 65.8 Å². The summed E-state index contributed by atoms with van der Waals surface area (Å²) in [5.74, 6) is 0.432. The predicted molar refractivity (Wildman–Crippen MR) is 110 cm³/mol. The highest BCUT2D eigenvalue weighted by molar-refractivity contribution is 7.99. The number of hydrogen-bond donors (Lipinski definition) is 1. The van der Waals surface area contributed by atoms with Crippen molar-refractivity contribution in [2.24, 2.45) is 0 Å². The Hall–Kier alpha value is -2.81. The molecule has 0 bridgehead atoms. The molecule has 27 heavy (non-hydrogen) atoms. The van der Waals surface area contributed by atoms with Crippen LogP contribution < -0.4 is 5.32 Å². The van der Waals surface area contributed by atoms with Crippen molar-refractivity contribution < 1.29 is 4.79 Å². The fourth-order valence-electron chi connectivity index (χ4n) is 2.40. The van der Waals surface area contributed by atoms with Crippen molar-refractivity contribution in [1.82, 2.24) is 4.98 Å². The third kappa shape index (κ3) is 5.33. The first-order chi connectivity index (χ1) is 13.2. The Kier molecular flexibility index (Phi) is 6.48. The largest absolute Gasteiger partial charge is 0.326 e. The summed E-state index contributed by atoms with van der Waals surface area (Å²) in [7, 11) is 0. The van der Waals surface area contributed by atoms with Crippen LogP contribution in [0.15, 0.2) is 71.8 Å². The molecule has 0 radical (unpaired) electrons. The number of thioether (sulfide) groups is 1. The number of nitriles is 1. The quantitative estimate of drug-likeness (QED) is 0.570. The summed E-state index contributed by atoms with van der Waals surface area (Å²) >= 11 is 7.24. The molecule has 1 N–H and O–H groups in total. The predicted octanol–water partition coefficient (Wildman–Crippen LogP) is 5.39. The molecule has 0 fully saturated rings. The Morgan fingerprint density at radius 3 is 2.52 bits per heavy atom. The van der Waals surface area contributed by atoms with E-state index in [0.29, 0.717) is 33.5 Å². The maximum atomic E-state index is 12.1. The Morgan fingerprint density at radius 2 is 1.81 bits per heavy atom. The van der Waals surface area contributed by atoms with Crippen LogP contribution in [0.3, 0.4) is 0 Å². The molecule has 0 aliphatic carbocycles. The molecule has 1 amide bonds. The summed E-state index contributed by atoms with van der Waals surface area (Å²) in [5, 5.41) is 13.4. The number of halogens is 1. The second-order valence-corrected chi connectivity index (χ2v) is 7.20. The number of carbonyl (C=O) groups is 1. The molecule has 0 saturated heterocycles. The molecular weight excluding hydrogens is 378 g/mol. The van der Waals surface area contributed by atoms with Crippen LogP contribution in [-0.4, -0.2) is 16.6 Å². The van der Waals surface area contributed by atoms with Gasteiger partial charge in [-0.05, 0) is 36.4 Å². The number of nitrogens with zero attached hydrogens (tertiary/aromatic N) is 2. The highest BCUT2D eigenvalue weighted by Gasteiger charge is 2.09. The maximum absolute atomic E-state index is 12.1. The lowest BCUT2D eigenvalue weighted by molar-refractivity contribution is -0.115. The van der Waals surface area contributed by atoms with Crippen molar-refractivity contribution in [2.45, 2.75) is 11.4 Å². The minimum atomic E-state index is -0.0949. The van der Waals surface area contributed by atoms with Gasteiger partial charge in [0.2, 0.25) is 5.91 Å². The van der Waals surface area contributed by atoms with Gasteiger partial charge in [0.25, 0.3) is 0 Å². The Balaban J connectivity index is 1.62. The minimum absolute atomic E-state index is 0.0949. The zero-order valence-electron chi connectivity index (χ0n) is 14.4. The SMILES string of the molecule is N#Cc1ccc(-c2ccccc2)nc1SCCC(=O)Nc1ccc(Cl)cc1. The van der Waals surface area contributed by atoms with Gasteiger partial charge < -0.3 is 5.32 Å². The number of anilines is 1. The zero-order valence-corrected chi connectivity index (χ0v) is 15.9. The lowest BCUT2D eigenvalue weighted by Gasteiger charge is -2.08. The molecule has 0 spiro atoms. The number of hydrogen-bond acceptors (Lipinski definition) is 4. The number of amides is 1. The van der Waals surface area contributed by atoms with E-state index in [4.69, 9.17) is 11.6 Å². The summed E-state index contributed by atoms with van der Waals surface area (Å²) in [4.78, 5) is 16.7. The fourth-order valence-corrected chi connectivity index (χ4v) is 3.44. The third-order valence-electron chi connectivity index (χ3n) is 3.75. The molecule has 0 unspecified atom stereocenters. The molecule has 0 aliphatic heterocycles. The van der Waals surface area contributed by atoms with Crippen molar-refractivity contribution in [3.05, 3.63) is 77.3 Å². The molecule has 134 valence electrons. The van der Waals surface area contributed by atoms with E-state index in [1.165, 1.54) is 11.8 Å². The van der Waals surface area contributed by atoms with E-state index in [-0.39, 0.29) is 5.91 Å². The van der Waals surface area contributed by atoms with Gasteiger partial charge in [-0.3, -0.25) is 4.79 Å². The molecule has 4 nitrogen and oxygen atoms in total. The molecule has 1 heterocycles. The summed E-state index contributed by atoms with van der Waals surface area (Å²) in [6.45, 7) is 0. The van der Waals surface area contributed by atoms with Gasteiger partial charge in [0.1, 0.15) is 11.1 Å². The molecule has 0 saturated carbocycles. The highest BCUT2D eigenvalue weighted by atomic mass is 35.5. The number of pyridine rings is 1. The summed E-state index contributed by atoms with van der Waals surface area (Å²) in [6.07, 6.45) is 0.315. The molecule has 0 atom stereocenters. The second kappa shape index (κ2) is 9.22. The van der Waals surface area contributed by atoms with Gasteiger partial charge in [0, 0.05) is 28.4 Å². The van der Waals surface area contributed by atoms with Crippen molar-refractivity contribution in [3.8, 4) is 17.3 Å². The number of benzene rings is 2. The minimum Gasteiger partial charge on any atom is -0.326 e. The fraction of sp³-hybridized carbons (Fsp3) is 0.0952. The second-order valence-electron chi connectivity index (χ2n) is 5.68. The lowest BCUT2D eigenvalue weighted by Crippen LogP contribution is -2.12. The van der Waals surface area contributed by atoms with Gasteiger partial charge in [-0.2, -0.15) is 5.26 Å². The van der Waals surface area contributed by atoms with E-state index in [1.807, 2.05) is 36.4 Å².